The largest absolute Gasteiger partial charge is 0.346 e. The van der Waals surface area contributed by atoms with E-state index in [0.29, 0.717) is 19.8 Å². The molecule has 0 saturated carbocycles. The van der Waals surface area contributed by atoms with Crippen molar-refractivity contribution in [2.45, 2.75) is 32.1 Å². The molecule has 0 aliphatic carbocycles. The molecule has 2 fully saturated rings. The monoisotopic (exact) mass is 292 g/mol. The average molecular weight is 292 g/mol. The maximum Gasteiger partial charge on any atom is 0.272 e. The lowest BCUT2D eigenvalue weighted by Gasteiger charge is -2.38. The number of hydrogen-bond donors (Lipinski definition) is 0. The predicted octanol–water partition coefficient (Wildman–Crippen LogP) is 2.24. The number of rotatable bonds is 3. The van der Waals surface area contributed by atoms with Gasteiger partial charge in [0.05, 0.1) is 24.7 Å². The molecule has 0 atom stereocenters. The molecule has 0 amide bonds. The minimum absolute atomic E-state index is 0.188. The highest BCUT2D eigenvalue weighted by Gasteiger charge is 2.40. The van der Waals surface area contributed by atoms with E-state index in [1.165, 1.54) is 0 Å². The van der Waals surface area contributed by atoms with Crippen molar-refractivity contribution in [2.24, 2.45) is 0 Å². The molecule has 1 aromatic rings. The second kappa shape index (κ2) is 5.71. The van der Waals surface area contributed by atoms with Crippen LogP contribution in [0.15, 0.2) is 18.2 Å². The quantitative estimate of drug-likeness (QED) is 0.631. The zero-order valence-electron chi connectivity index (χ0n) is 12.2. The third-order valence-corrected chi connectivity index (χ3v) is 4.32. The molecule has 3 rings (SSSR count). The fraction of sp³-hybridized carbons (Fsp3) is 0.600. The van der Waals surface area contributed by atoms with E-state index >= 15 is 0 Å². The molecule has 0 aromatic heterocycles. The highest BCUT2D eigenvalue weighted by Crippen LogP contribution is 2.31. The molecular weight excluding hydrogens is 272 g/mol. The predicted molar refractivity (Wildman–Crippen MR) is 77.0 cm³/mol. The standard InChI is InChI=1S/C15H20N2O4/c1-12-13(4-2-5-14(12)17(18)19)10-16-7-3-6-15(11-16)20-8-9-21-15/h2,4-5H,3,6-11H2,1H3. The van der Waals surface area contributed by atoms with Gasteiger partial charge in [0.2, 0.25) is 0 Å². The summed E-state index contributed by atoms with van der Waals surface area (Å²) in [5, 5.41) is 11.0. The smallest absolute Gasteiger partial charge is 0.272 e. The van der Waals surface area contributed by atoms with Gasteiger partial charge in [-0.1, -0.05) is 12.1 Å². The minimum Gasteiger partial charge on any atom is -0.346 e. The number of hydrogen-bond acceptors (Lipinski definition) is 5. The highest BCUT2D eigenvalue weighted by molar-refractivity contribution is 5.44. The minimum atomic E-state index is -0.452. The van der Waals surface area contributed by atoms with Crippen LogP contribution in [0.3, 0.4) is 0 Å². The van der Waals surface area contributed by atoms with Crippen LogP contribution in [0.2, 0.25) is 0 Å². The molecule has 6 heteroatoms. The first kappa shape index (κ1) is 14.4. The van der Waals surface area contributed by atoms with E-state index < -0.39 is 5.79 Å². The molecule has 2 aliphatic rings. The van der Waals surface area contributed by atoms with Crippen LogP contribution in [0.5, 0.6) is 0 Å². The molecule has 6 nitrogen and oxygen atoms in total. The van der Waals surface area contributed by atoms with Crippen LogP contribution in [0, 0.1) is 17.0 Å². The van der Waals surface area contributed by atoms with Gasteiger partial charge < -0.3 is 9.47 Å². The summed E-state index contributed by atoms with van der Waals surface area (Å²) in [6.07, 6.45) is 1.95. The number of nitro groups is 1. The summed E-state index contributed by atoms with van der Waals surface area (Å²) in [5.41, 5.74) is 1.93. The second-order valence-electron chi connectivity index (χ2n) is 5.74. The second-order valence-corrected chi connectivity index (χ2v) is 5.74. The van der Waals surface area contributed by atoms with E-state index in [9.17, 15) is 10.1 Å². The van der Waals surface area contributed by atoms with Crippen LogP contribution in [-0.4, -0.2) is 41.9 Å². The van der Waals surface area contributed by atoms with Gasteiger partial charge in [0.1, 0.15) is 0 Å². The Bertz CT molecular complexity index is 540. The van der Waals surface area contributed by atoms with Gasteiger partial charge in [0.15, 0.2) is 5.79 Å². The van der Waals surface area contributed by atoms with E-state index in [1.807, 2.05) is 13.0 Å². The van der Waals surface area contributed by atoms with E-state index in [4.69, 9.17) is 9.47 Å². The lowest BCUT2D eigenvalue weighted by molar-refractivity contribution is -0.385. The molecule has 0 N–H and O–H groups in total. The molecular formula is C15H20N2O4. The molecule has 2 saturated heterocycles. The third-order valence-electron chi connectivity index (χ3n) is 4.32. The molecule has 2 aliphatic heterocycles. The Balaban J connectivity index is 1.74. The van der Waals surface area contributed by atoms with Crippen molar-refractivity contribution in [1.29, 1.82) is 0 Å². The zero-order valence-corrected chi connectivity index (χ0v) is 12.2. The fourth-order valence-electron chi connectivity index (χ4n) is 3.22. The van der Waals surface area contributed by atoms with Crippen LogP contribution >= 0.6 is 0 Å². The first-order chi connectivity index (χ1) is 10.1. The van der Waals surface area contributed by atoms with Crippen LogP contribution in [0.25, 0.3) is 0 Å². The van der Waals surface area contributed by atoms with Crippen molar-refractivity contribution >= 4 is 5.69 Å². The van der Waals surface area contributed by atoms with E-state index in [2.05, 4.69) is 4.90 Å². The van der Waals surface area contributed by atoms with Crippen LogP contribution in [0.1, 0.15) is 24.0 Å². The summed E-state index contributed by atoms with van der Waals surface area (Å²) in [6.45, 7) is 5.52. The van der Waals surface area contributed by atoms with Gasteiger partial charge in [-0.3, -0.25) is 15.0 Å². The molecule has 0 bridgehead atoms. The number of nitrogens with zero attached hydrogens (tertiary/aromatic N) is 2. The third kappa shape index (κ3) is 2.92. The van der Waals surface area contributed by atoms with Gasteiger partial charge in [0, 0.05) is 24.6 Å². The lowest BCUT2D eigenvalue weighted by Crippen LogP contribution is -2.48. The number of piperidine rings is 1. The van der Waals surface area contributed by atoms with Gasteiger partial charge in [-0.05, 0) is 25.5 Å². The van der Waals surface area contributed by atoms with Crippen LogP contribution in [0.4, 0.5) is 5.69 Å². The van der Waals surface area contributed by atoms with Crippen molar-refractivity contribution in [3.63, 3.8) is 0 Å². The molecule has 0 unspecified atom stereocenters. The number of ether oxygens (including phenoxy) is 2. The SMILES string of the molecule is Cc1c(CN2CCCC3(C2)OCCO3)cccc1[N+](=O)[O-]. The Labute approximate surface area is 123 Å². The Morgan fingerprint density at radius 3 is 2.86 bits per heavy atom. The first-order valence-corrected chi connectivity index (χ1v) is 7.33. The number of nitro benzene ring substituents is 1. The van der Waals surface area contributed by atoms with Crippen LogP contribution in [-0.2, 0) is 16.0 Å². The van der Waals surface area contributed by atoms with Crippen molar-refractivity contribution < 1.29 is 14.4 Å². The van der Waals surface area contributed by atoms with Crippen molar-refractivity contribution in [2.75, 3.05) is 26.3 Å². The van der Waals surface area contributed by atoms with Gasteiger partial charge in [-0.15, -0.1) is 0 Å². The Kier molecular flexibility index (Phi) is 3.93. The van der Waals surface area contributed by atoms with Crippen molar-refractivity contribution in [3.8, 4) is 0 Å². The number of likely N-dealkylation sites (tertiary alicyclic amines) is 1. The summed E-state index contributed by atoms with van der Waals surface area (Å²) in [7, 11) is 0. The average Bonchev–Trinajstić information content (AvgIpc) is 2.89. The molecule has 1 aromatic carbocycles. The van der Waals surface area contributed by atoms with Gasteiger partial charge >= 0.3 is 0 Å². The van der Waals surface area contributed by atoms with Gasteiger partial charge in [-0.2, -0.15) is 0 Å². The number of benzene rings is 1. The molecule has 0 radical (unpaired) electrons. The molecule has 1 spiro atoms. The molecule has 2 heterocycles. The first-order valence-electron chi connectivity index (χ1n) is 7.33. The maximum atomic E-state index is 11.0. The Morgan fingerprint density at radius 2 is 2.14 bits per heavy atom. The lowest BCUT2D eigenvalue weighted by atomic mass is 10.0. The van der Waals surface area contributed by atoms with Gasteiger partial charge in [0.25, 0.3) is 5.69 Å². The van der Waals surface area contributed by atoms with Crippen molar-refractivity contribution in [3.05, 3.63) is 39.4 Å². The summed E-state index contributed by atoms with van der Waals surface area (Å²) < 4.78 is 11.5. The molecule has 114 valence electrons. The van der Waals surface area contributed by atoms with E-state index in [1.54, 1.807) is 12.1 Å². The van der Waals surface area contributed by atoms with E-state index in [-0.39, 0.29) is 10.6 Å². The summed E-state index contributed by atoms with van der Waals surface area (Å²) in [6, 6.07) is 5.27. The zero-order chi connectivity index (χ0) is 14.9. The maximum absolute atomic E-state index is 11.0. The normalized spacial score (nSPS) is 21.8. The summed E-state index contributed by atoms with van der Waals surface area (Å²) in [5.74, 6) is -0.452. The highest BCUT2D eigenvalue weighted by atomic mass is 16.7. The Hall–Kier alpha value is -1.50. The van der Waals surface area contributed by atoms with Gasteiger partial charge in [-0.25, -0.2) is 0 Å². The van der Waals surface area contributed by atoms with Crippen LogP contribution < -0.4 is 0 Å². The summed E-state index contributed by atoms with van der Waals surface area (Å²) >= 11 is 0. The Morgan fingerprint density at radius 1 is 1.38 bits per heavy atom. The van der Waals surface area contributed by atoms with E-state index in [0.717, 1.165) is 37.1 Å². The molecule has 21 heavy (non-hydrogen) atoms. The summed E-state index contributed by atoms with van der Waals surface area (Å²) in [4.78, 5) is 13.0. The van der Waals surface area contributed by atoms with Crippen molar-refractivity contribution in [1.82, 2.24) is 4.90 Å². The topological polar surface area (TPSA) is 64.8 Å². The fourth-order valence-corrected chi connectivity index (χ4v) is 3.22.